The van der Waals surface area contributed by atoms with E-state index in [1.807, 2.05) is 25.7 Å². The van der Waals surface area contributed by atoms with E-state index in [0.29, 0.717) is 13.2 Å². The molecule has 4 nitrogen and oxygen atoms in total. The second-order valence-corrected chi connectivity index (χ2v) is 4.41. The van der Waals surface area contributed by atoms with E-state index in [4.69, 9.17) is 9.47 Å². The highest BCUT2D eigenvalue weighted by Crippen LogP contribution is 2.13. The van der Waals surface area contributed by atoms with Gasteiger partial charge >= 0.3 is 0 Å². The van der Waals surface area contributed by atoms with Crippen molar-refractivity contribution in [3.8, 4) is 0 Å². The van der Waals surface area contributed by atoms with Crippen molar-refractivity contribution in [3.05, 3.63) is 0 Å². The van der Waals surface area contributed by atoms with Crippen LogP contribution in [0.4, 0.5) is 0 Å². The molecule has 1 aliphatic heterocycles. The molecule has 4 heteroatoms. The molecule has 1 atom stereocenters. The lowest BCUT2D eigenvalue weighted by Crippen LogP contribution is -2.48. The smallest absolute Gasteiger partial charge is 0.167 e. The largest absolute Gasteiger partial charge is 0.379 e. The van der Waals surface area contributed by atoms with Crippen LogP contribution in [0.15, 0.2) is 0 Å². The second-order valence-electron chi connectivity index (χ2n) is 4.41. The molecular formula is C10H19NO3. The summed E-state index contributed by atoms with van der Waals surface area (Å²) < 4.78 is 10.8. The average Bonchev–Trinajstić information content (AvgIpc) is 2.14. The highest BCUT2D eigenvalue weighted by atomic mass is 16.5. The lowest BCUT2D eigenvalue weighted by atomic mass is 10.2. The number of hydrogen-bond acceptors (Lipinski definition) is 4. The van der Waals surface area contributed by atoms with Crippen LogP contribution in [0.5, 0.6) is 0 Å². The number of carbonyl (C=O) groups excluding carboxylic acids is 1. The molecule has 1 rings (SSSR count). The molecular weight excluding hydrogens is 182 g/mol. The van der Waals surface area contributed by atoms with Gasteiger partial charge in [-0.2, -0.15) is 0 Å². The van der Waals surface area contributed by atoms with Gasteiger partial charge in [0.05, 0.1) is 18.8 Å². The van der Waals surface area contributed by atoms with Gasteiger partial charge in [0.25, 0.3) is 0 Å². The van der Waals surface area contributed by atoms with Gasteiger partial charge in [-0.05, 0) is 20.8 Å². The SMILES string of the molecule is CC(C)(C)OC(C=O)N1CCOCC1. The van der Waals surface area contributed by atoms with Crippen molar-refractivity contribution in [2.45, 2.75) is 32.6 Å². The van der Waals surface area contributed by atoms with Crippen molar-refractivity contribution in [3.63, 3.8) is 0 Å². The molecule has 1 aliphatic rings. The summed E-state index contributed by atoms with van der Waals surface area (Å²) in [4.78, 5) is 12.9. The number of ether oxygens (including phenoxy) is 2. The lowest BCUT2D eigenvalue weighted by Gasteiger charge is -2.34. The van der Waals surface area contributed by atoms with Gasteiger partial charge in [0.15, 0.2) is 12.5 Å². The number of hydrogen-bond donors (Lipinski definition) is 0. The van der Waals surface area contributed by atoms with E-state index in [1.54, 1.807) is 0 Å². The predicted octanol–water partition coefficient (Wildman–Crippen LogP) is 0.659. The Morgan fingerprint density at radius 1 is 1.36 bits per heavy atom. The Kier molecular flexibility index (Phi) is 4.04. The zero-order valence-electron chi connectivity index (χ0n) is 9.16. The molecule has 0 N–H and O–H groups in total. The van der Waals surface area contributed by atoms with Gasteiger partial charge in [0.1, 0.15) is 0 Å². The van der Waals surface area contributed by atoms with Crippen molar-refractivity contribution in [1.29, 1.82) is 0 Å². The fourth-order valence-corrected chi connectivity index (χ4v) is 1.38. The fourth-order valence-electron chi connectivity index (χ4n) is 1.38. The molecule has 1 unspecified atom stereocenters. The van der Waals surface area contributed by atoms with Crippen LogP contribution in [0.2, 0.25) is 0 Å². The van der Waals surface area contributed by atoms with Crippen molar-refractivity contribution < 1.29 is 14.3 Å². The van der Waals surface area contributed by atoms with Crippen LogP contribution in [0.1, 0.15) is 20.8 Å². The van der Waals surface area contributed by atoms with Crippen LogP contribution < -0.4 is 0 Å². The molecule has 82 valence electrons. The van der Waals surface area contributed by atoms with Gasteiger partial charge in [-0.25, -0.2) is 0 Å². The zero-order valence-corrected chi connectivity index (χ0v) is 9.16. The molecule has 1 fully saturated rings. The standard InChI is InChI=1S/C10H19NO3/c1-10(2,3)14-9(8-12)11-4-6-13-7-5-11/h8-9H,4-7H2,1-3H3. The summed E-state index contributed by atoms with van der Waals surface area (Å²) in [6.07, 6.45) is 0.426. The Morgan fingerprint density at radius 2 is 1.93 bits per heavy atom. The monoisotopic (exact) mass is 201 g/mol. The molecule has 1 heterocycles. The van der Waals surface area contributed by atoms with E-state index in [1.165, 1.54) is 0 Å². The second kappa shape index (κ2) is 4.87. The fraction of sp³-hybridized carbons (Fsp3) is 0.900. The summed E-state index contributed by atoms with van der Waals surface area (Å²) >= 11 is 0. The molecule has 0 amide bonds. The maximum atomic E-state index is 10.9. The summed E-state index contributed by atoms with van der Waals surface area (Å²) in [6.45, 7) is 8.73. The van der Waals surface area contributed by atoms with Crippen molar-refractivity contribution >= 4 is 6.29 Å². The van der Waals surface area contributed by atoms with Crippen LogP contribution in [0.25, 0.3) is 0 Å². The first kappa shape index (κ1) is 11.6. The number of carbonyl (C=O) groups is 1. The maximum absolute atomic E-state index is 10.9. The Labute approximate surface area is 85.2 Å². The summed E-state index contributed by atoms with van der Waals surface area (Å²) in [5.41, 5.74) is -0.288. The Morgan fingerprint density at radius 3 is 2.36 bits per heavy atom. The van der Waals surface area contributed by atoms with Crippen LogP contribution in [0, 0.1) is 0 Å². The van der Waals surface area contributed by atoms with Crippen LogP contribution in [-0.4, -0.2) is 49.3 Å². The molecule has 14 heavy (non-hydrogen) atoms. The average molecular weight is 201 g/mol. The minimum Gasteiger partial charge on any atom is -0.379 e. The van der Waals surface area contributed by atoms with Gasteiger partial charge < -0.3 is 9.47 Å². The molecule has 0 bridgehead atoms. The van der Waals surface area contributed by atoms with Gasteiger partial charge in [0.2, 0.25) is 0 Å². The highest BCUT2D eigenvalue weighted by molar-refractivity contribution is 5.55. The van der Waals surface area contributed by atoms with Gasteiger partial charge in [-0.3, -0.25) is 9.69 Å². The quantitative estimate of drug-likeness (QED) is 0.629. The van der Waals surface area contributed by atoms with Crippen molar-refractivity contribution in [2.24, 2.45) is 0 Å². The summed E-state index contributed by atoms with van der Waals surface area (Å²) in [6, 6.07) is 0. The first-order chi connectivity index (χ1) is 6.53. The molecule has 0 aromatic carbocycles. The molecule has 0 aromatic rings. The van der Waals surface area contributed by atoms with Gasteiger partial charge in [0, 0.05) is 13.1 Å². The van der Waals surface area contributed by atoms with E-state index in [0.717, 1.165) is 19.4 Å². The Hall–Kier alpha value is -0.450. The van der Waals surface area contributed by atoms with Gasteiger partial charge in [-0.1, -0.05) is 0 Å². The normalized spacial score (nSPS) is 21.9. The van der Waals surface area contributed by atoms with E-state index in [9.17, 15) is 4.79 Å². The molecule has 0 aliphatic carbocycles. The molecule has 0 radical (unpaired) electrons. The Bertz CT molecular complexity index is 182. The lowest BCUT2D eigenvalue weighted by molar-refractivity contribution is -0.160. The molecule has 0 spiro atoms. The van der Waals surface area contributed by atoms with E-state index < -0.39 is 6.23 Å². The van der Waals surface area contributed by atoms with Crippen LogP contribution >= 0.6 is 0 Å². The van der Waals surface area contributed by atoms with Crippen LogP contribution in [-0.2, 0) is 14.3 Å². The van der Waals surface area contributed by atoms with E-state index >= 15 is 0 Å². The number of rotatable bonds is 3. The predicted molar refractivity (Wildman–Crippen MR) is 53.1 cm³/mol. The maximum Gasteiger partial charge on any atom is 0.167 e. The topological polar surface area (TPSA) is 38.8 Å². The Balaban J connectivity index is 2.47. The minimum atomic E-state index is -0.432. The highest BCUT2D eigenvalue weighted by Gasteiger charge is 2.25. The van der Waals surface area contributed by atoms with E-state index in [2.05, 4.69) is 0 Å². The summed E-state index contributed by atoms with van der Waals surface area (Å²) in [7, 11) is 0. The van der Waals surface area contributed by atoms with Crippen LogP contribution in [0.3, 0.4) is 0 Å². The number of nitrogens with zero attached hydrogens (tertiary/aromatic N) is 1. The van der Waals surface area contributed by atoms with E-state index in [-0.39, 0.29) is 5.60 Å². The molecule has 1 saturated heterocycles. The number of morpholine rings is 1. The zero-order chi connectivity index (χ0) is 10.6. The third-order valence-electron chi connectivity index (χ3n) is 2.00. The molecule has 0 saturated carbocycles. The van der Waals surface area contributed by atoms with Gasteiger partial charge in [-0.15, -0.1) is 0 Å². The molecule has 0 aromatic heterocycles. The summed E-state index contributed by atoms with van der Waals surface area (Å²) in [5.74, 6) is 0. The first-order valence-corrected chi connectivity index (χ1v) is 4.98. The number of aldehydes is 1. The minimum absolute atomic E-state index is 0.288. The van der Waals surface area contributed by atoms with Crippen molar-refractivity contribution in [1.82, 2.24) is 4.90 Å². The first-order valence-electron chi connectivity index (χ1n) is 4.98. The van der Waals surface area contributed by atoms with Crippen molar-refractivity contribution in [2.75, 3.05) is 26.3 Å². The third-order valence-corrected chi connectivity index (χ3v) is 2.00. The summed E-state index contributed by atoms with van der Waals surface area (Å²) in [5, 5.41) is 0. The third kappa shape index (κ3) is 3.74.